The van der Waals surface area contributed by atoms with E-state index in [2.05, 4.69) is 0 Å². The van der Waals surface area contributed by atoms with Gasteiger partial charge in [0.15, 0.2) is 0 Å². The molecule has 0 heterocycles. The lowest BCUT2D eigenvalue weighted by atomic mass is 10.1. The van der Waals surface area contributed by atoms with Crippen LogP contribution >= 0.6 is 11.6 Å². The fourth-order valence-corrected chi connectivity index (χ4v) is 1.02. The van der Waals surface area contributed by atoms with E-state index in [1.165, 1.54) is 11.9 Å². The highest BCUT2D eigenvalue weighted by Gasteiger charge is 2.31. The number of hydrogen-bond acceptors (Lipinski definition) is 1. The zero-order valence-electron chi connectivity index (χ0n) is 8.99. The van der Waals surface area contributed by atoms with Crippen LogP contribution < -0.4 is 0 Å². The monoisotopic (exact) mass is 245 g/mol. The lowest BCUT2D eigenvalue weighted by molar-refractivity contribution is -0.150. The van der Waals surface area contributed by atoms with Gasteiger partial charge in [0.2, 0.25) is 5.91 Å². The van der Waals surface area contributed by atoms with Crippen LogP contribution in [0.4, 0.5) is 13.2 Å². The van der Waals surface area contributed by atoms with Gasteiger partial charge in [-0.25, -0.2) is 0 Å². The van der Waals surface area contributed by atoms with E-state index in [0.29, 0.717) is 0 Å². The predicted molar refractivity (Wildman–Crippen MR) is 52.9 cm³/mol. The Labute approximate surface area is 92.4 Å². The van der Waals surface area contributed by atoms with Crippen LogP contribution in [0.1, 0.15) is 26.7 Å². The maximum Gasteiger partial charge on any atom is 0.389 e. The molecule has 2 nitrogen and oxygen atoms in total. The first kappa shape index (κ1) is 14.5. The number of carbonyl (C=O) groups excluding carboxylic acids is 1. The summed E-state index contributed by atoms with van der Waals surface area (Å²) in [6.07, 6.45) is -5.91. The highest BCUT2D eigenvalue weighted by molar-refractivity contribution is 6.18. The van der Waals surface area contributed by atoms with Crippen LogP contribution in [0.25, 0.3) is 0 Å². The van der Waals surface area contributed by atoms with Gasteiger partial charge in [0, 0.05) is 19.3 Å². The summed E-state index contributed by atoms with van der Waals surface area (Å²) in [4.78, 5) is 12.6. The Morgan fingerprint density at radius 2 is 1.80 bits per heavy atom. The highest BCUT2D eigenvalue weighted by Crippen LogP contribution is 2.23. The number of rotatable bonds is 4. The van der Waals surface area contributed by atoms with Gasteiger partial charge in [-0.2, -0.15) is 13.2 Å². The molecule has 0 aromatic heterocycles. The minimum absolute atomic E-state index is 0.182. The molecule has 0 aliphatic rings. The molecule has 0 aromatic carbocycles. The molecular weight excluding hydrogens is 231 g/mol. The van der Waals surface area contributed by atoms with Crippen LogP contribution in [-0.4, -0.2) is 35.4 Å². The first-order valence-electron chi connectivity index (χ1n) is 4.49. The molecule has 0 aliphatic carbocycles. The first-order chi connectivity index (χ1) is 6.60. The second-order valence-corrected chi connectivity index (χ2v) is 4.28. The lowest BCUT2D eigenvalue weighted by Crippen LogP contribution is -2.46. The second-order valence-electron chi connectivity index (χ2n) is 4.01. The van der Waals surface area contributed by atoms with E-state index < -0.39 is 30.5 Å². The zero-order chi connectivity index (χ0) is 12.3. The normalized spacial score (nSPS) is 12.7. The lowest BCUT2D eigenvalue weighted by Gasteiger charge is -2.34. The van der Waals surface area contributed by atoms with E-state index in [9.17, 15) is 18.0 Å². The van der Waals surface area contributed by atoms with Crippen molar-refractivity contribution in [1.29, 1.82) is 0 Å². The molecular formula is C9H15ClF3NO. The second kappa shape index (κ2) is 5.05. The van der Waals surface area contributed by atoms with Crippen molar-refractivity contribution in [2.45, 2.75) is 38.4 Å². The molecule has 0 bridgehead atoms. The quantitative estimate of drug-likeness (QED) is 0.698. The zero-order valence-corrected chi connectivity index (χ0v) is 9.74. The molecule has 90 valence electrons. The predicted octanol–water partition coefficient (Wildman–Crippen LogP) is 2.80. The third-order valence-electron chi connectivity index (χ3n) is 2.23. The molecule has 0 radical (unpaired) electrons. The van der Waals surface area contributed by atoms with Crippen molar-refractivity contribution in [2.75, 3.05) is 12.9 Å². The fraction of sp³-hybridized carbons (Fsp3) is 0.889. The van der Waals surface area contributed by atoms with Crippen molar-refractivity contribution in [3.8, 4) is 0 Å². The molecule has 15 heavy (non-hydrogen) atoms. The average Bonchev–Trinajstić information content (AvgIpc) is 2.11. The van der Waals surface area contributed by atoms with Crippen LogP contribution in [0.5, 0.6) is 0 Å². The van der Waals surface area contributed by atoms with Crippen LogP contribution in [0.2, 0.25) is 0 Å². The smallest absolute Gasteiger partial charge is 0.339 e. The minimum Gasteiger partial charge on any atom is -0.339 e. The molecule has 0 rings (SSSR count). The van der Waals surface area contributed by atoms with Gasteiger partial charge in [0.1, 0.15) is 0 Å². The van der Waals surface area contributed by atoms with Crippen molar-refractivity contribution in [3.05, 3.63) is 0 Å². The van der Waals surface area contributed by atoms with Crippen molar-refractivity contribution < 1.29 is 18.0 Å². The molecule has 0 fully saturated rings. The molecule has 0 saturated carbocycles. The largest absolute Gasteiger partial charge is 0.389 e. The van der Waals surface area contributed by atoms with Crippen LogP contribution in [0.3, 0.4) is 0 Å². The van der Waals surface area contributed by atoms with Crippen molar-refractivity contribution >= 4 is 17.5 Å². The Bertz CT molecular complexity index is 228. The summed E-state index contributed by atoms with van der Waals surface area (Å²) in [5.74, 6) is -0.362. The molecule has 0 atom stereocenters. The van der Waals surface area contributed by atoms with Crippen LogP contribution in [0, 0.1) is 0 Å². The number of hydrogen-bond donors (Lipinski definition) is 0. The van der Waals surface area contributed by atoms with E-state index in [-0.39, 0.29) is 5.88 Å². The van der Waals surface area contributed by atoms with Gasteiger partial charge in [0.25, 0.3) is 0 Å². The van der Waals surface area contributed by atoms with E-state index in [1.807, 2.05) is 0 Å². The fourth-order valence-electron chi connectivity index (χ4n) is 0.844. The standard InChI is InChI=1S/C9H15ClF3NO/c1-8(2,6-10)14(3)7(15)4-5-9(11,12)13/h4-6H2,1-3H3. The van der Waals surface area contributed by atoms with Gasteiger partial charge in [-0.3, -0.25) is 4.79 Å². The molecule has 0 aromatic rings. The summed E-state index contributed by atoms with van der Waals surface area (Å²) in [5, 5.41) is 0. The van der Waals surface area contributed by atoms with Crippen LogP contribution in [-0.2, 0) is 4.79 Å². The Kier molecular flexibility index (Phi) is 4.90. The third kappa shape index (κ3) is 5.25. The Balaban J connectivity index is 4.23. The van der Waals surface area contributed by atoms with E-state index in [0.717, 1.165) is 0 Å². The van der Waals surface area contributed by atoms with Gasteiger partial charge in [-0.1, -0.05) is 0 Å². The topological polar surface area (TPSA) is 20.3 Å². The number of nitrogens with zero attached hydrogens (tertiary/aromatic N) is 1. The van der Waals surface area contributed by atoms with Gasteiger partial charge in [0.05, 0.1) is 12.0 Å². The van der Waals surface area contributed by atoms with Crippen LogP contribution in [0.15, 0.2) is 0 Å². The molecule has 0 N–H and O–H groups in total. The maximum atomic E-state index is 11.9. The number of carbonyl (C=O) groups is 1. The molecule has 0 spiro atoms. The number of alkyl halides is 4. The van der Waals surface area contributed by atoms with E-state index >= 15 is 0 Å². The Hall–Kier alpha value is -0.450. The molecule has 0 aliphatic heterocycles. The van der Waals surface area contributed by atoms with Gasteiger partial charge in [-0.05, 0) is 13.8 Å². The Morgan fingerprint density at radius 1 is 1.33 bits per heavy atom. The summed E-state index contributed by atoms with van der Waals surface area (Å²) in [7, 11) is 1.46. The SMILES string of the molecule is CN(C(=O)CCC(F)(F)F)C(C)(C)CCl. The highest BCUT2D eigenvalue weighted by atomic mass is 35.5. The molecule has 1 amide bonds. The maximum absolute atomic E-state index is 11.9. The molecule has 0 unspecified atom stereocenters. The summed E-state index contributed by atoms with van der Waals surface area (Å²) >= 11 is 5.61. The third-order valence-corrected chi connectivity index (χ3v) is 2.89. The summed E-state index contributed by atoms with van der Waals surface area (Å²) in [5.41, 5.74) is -0.621. The van der Waals surface area contributed by atoms with E-state index in [1.54, 1.807) is 13.8 Å². The van der Waals surface area contributed by atoms with E-state index in [4.69, 9.17) is 11.6 Å². The van der Waals surface area contributed by atoms with Gasteiger partial charge >= 0.3 is 6.18 Å². The van der Waals surface area contributed by atoms with Crippen molar-refractivity contribution in [1.82, 2.24) is 4.90 Å². The van der Waals surface area contributed by atoms with Gasteiger partial charge in [-0.15, -0.1) is 11.6 Å². The van der Waals surface area contributed by atoms with Crippen molar-refractivity contribution in [2.24, 2.45) is 0 Å². The molecule has 0 saturated heterocycles. The Morgan fingerprint density at radius 3 is 2.13 bits per heavy atom. The first-order valence-corrected chi connectivity index (χ1v) is 5.03. The number of amides is 1. The van der Waals surface area contributed by atoms with Crippen molar-refractivity contribution in [3.63, 3.8) is 0 Å². The van der Waals surface area contributed by atoms with Gasteiger partial charge < -0.3 is 4.90 Å². The summed E-state index contributed by atoms with van der Waals surface area (Å²) in [6.45, 7) is 3.40. The average molecular weight is 246 g/mol. The number of halogens is 4. The summed E-state index contributed by atoms with van der Waals surface area (Å²) < 4.78 is 35.6. The summed E-state index contributed by atoms with van der Waals surface area (Å²) in [6, 6.07) is 0. The minimum atomic E-state index is -4.29. The molecule has 6 heteroatoms.